The Morgan fingerprint density at radius 2 is 1.93 bits per heavy atom. The van der Waals surface area contributed by atoms with Crippen LogP contribution in [0.5, 0.6) is 0 Å². The quantitative estimate of drug-likeness (QED) is 0.630. The summed E-state index contributed by atoms with van der Waals surface area (Å²) in [6.45, 7) is 4.55. The lowest BCUT2D eigenvalue weighted by atomic mass is 10.2. The highest BCUT2D eigenvalue weighted by molar-refractivity contribution is 5.90. The molecule has 0 bridgehead atoms. The van der Waals surface area contributed by atoms with E-state index in [9.17, 15) is 9.59 Å². The number of hydrogen-bond donors (Lipinski definition) is 1. The van der Waals surface area contributed by atoms with Gasteiger partial charge < -0.3 is 10.1 Å². The zero-order valence-corrected chi connectivity index (χ0v) is 16.2. The molecule has 8 heteroatoms. The number of carbonyl (C=O) groups excluding carboxylic acids is 2. The van der Waals surface area contributed by atoms with Crippen LogP contribution in [-0.2, 0) is 29.7 Å². The van der Waals surface area contributed by atoms with Gasteiger partial charge in [0.1, 0.15) is 0 Å². The largest absolute Gasteiger partial charge is 0.452 e. The van der Waals surface area contributed by atoms with E-state index < -0.39 is 5.97 Å². The van der Waals surface area contributed by atoms with E-state index in [1.165, 1.54) is 17.1 Å². The minimum Gasteiger partial charge on any atom is -0.452 e. The monoisotopic (exact) mass is 381 g/mol. The second-order valence-corrected chi connectivity index (χ2v) is 6.55. The molecule has 0 aliphatic carbocycles. The molecule has 0 aliphatic rings. The Morgan fingerprint density at radius 3 is 2.61 bits per heavy atom. The number of benzene rings is 1. The minimum atomic E-state index is -0.578. The molecule has 2 aromatic heterocycles. The lowest BCUT2D eigenvalue weighted by molar-refractivity contribution is -0.124. The van der Waals surface area contributed by atoms with E-state index in [0.717, 1.165) is 22.5 Å². The van der Waals surface area contributed by atoms with Gasteiger partial charge in [0.25, 0.3) is 5.91 Å². The van der Waals surface area contributed by atoms with Crippen LogP contribution in [-0.4, -0.2) is 38.0 Å². The standard InChI is InChI=1S/C20H23N5O3/c1-14-18(15(2)25(23-14)11-16-7-5-4-6-8-16)10-21-19(26)13-28-20(27)17-9-22-24(3)12-17/h4-9,12H,10-11,13H2,1-3H3,(H,21,26). The van der Waals surface area contributed by atoms with Gasteiger partial charge in [-0.25, -0.2) is 4.79 Å². The molecule has 2 heterocycles. The van der Waals surface area contributed by atoms with Gasteiger partial charge in [-0.3, -0.25) is 14.2 Å². The van der Waals surface area contributed by atoms with Gasteiger partial charge in [-0.15, -0.1) is 0 Å². The van der Waals surface area contributed by atoms with Crippen molar-refractivity contribution in [3.63, 3.8) is 0 Å². The van der Waals surface area contributed by atoms with Crippen molar-refractivity contribution in [1.29, 1.82) is 0 Å². The smallest absolute Gasteiger partial charge is 0.341 e. The van der Waals surface area contributed by atoms with Gasteiger partial charge in [-0.2, -0.15) is 10.2 Å². The Hall–Kier alpha value is -3.42. The maximum Gasteiger partial charge on any atom is 0.341 e. The van der Waals surface area contributed by atoms with Crippen LogP contribution in [0.1, 0.15) is 32.9 Å². The summed E-state index contributed by atoms with van der Waals surface area (Å²) in [5.74, 6) is -0.946. The van der Waals surface area contributed by atoms with Crippen LogP contribution < -0.4 is 5.32 Å². The average Bonchev–Trinajstić information content (AvgIpc) is 3.23. The fourth-order valence-corrected chi connectivity index (χ4v) is 2.88. The van der Waals surface area contributed by atoms with Crippen LogP contribution in [0.15, 0.2) is 42.7 Å². The summed E-state index contributed by atoms with van der Waals surface area (Å²) in [5.41, 5.74) is 4.29. The first-order chi connectivity index (χ1) is 13.4. The van der Waals surface area contributed by atoms with Crippen molar-refractivity contribution in [2.75, 3.05) is 6.61 Å². The number of nitrogens with zero attached hydrogens (tertiary/aromatic N) is 4. The Balaban J connectivity index is 1.54. The van der Waals surface area contributed by atoms with Crippen LogP contribution in [0.2, 0.25) is 0 Å². The molecule has 0 aliphatic heterocycles. The number of aromatic nitrogens is 4. The van der Waals surface area contributed by atoms with Crippen LogP contribution >= 0.6 is 0 Å². The Kier molecular flexibility index (Phi) is 5.88. The van der Waals surface area contributed by atoms with Gasteiger partial charge >= 0.3 is 5.97 Å². The highest BCUT2D eigenvalue weighted by Gasteiger charge is 2.15. The SMILES string of the molecule is Cc1nn(Cc2ccccc2)c(C)c1CNC(=O)COC(=O)c1cnn(C)c1. The van der Waals surface area contributed by atoms with Crippen molar-refractivity contribution in [3.05, 3.63) is 70.8 Å². The molecule has 3 aromatic rings. The predicted molar refractivity (Wildman–Crippen MR) is 103 cm³/mol. The van der Waals surface area contributed by atoms with E-state index in [1.807, 2.05) is 36.7 Å². The third-order valence-electron chi connectivity index (χ3n) is 4.44. The maximum atomic E-state index is 12.0. The van der Waals surface area contributed by atoms with Crippen molar-refractivity contribution in [3.8, 4) is 0 Å². The number of nitrogens with one attached hydrogen (secondary N) is 1. The molecule has 0 radical (unpaired) electrons. The molecule has 0 spiro atoms. The summed E-state index contributed by atoms with van der Waals surface area (Å²) < 4.78 is 8.43. The summed E-state index contributed by atoms with van der Waals surface area (Å²) in [5, 5.41) is 11.2. The van der Waals surface area contributed by atoms with Crippen molar-refractivity contribution in [2.24, 2.45) is 7.05 Å². The van der Waals surface area contributed by atoms with Crippen molar-refractivity contribution >= 4 is 11.9 Å². The highest BCUT2D eigenvalue weighted by atomic mass is 16.5. The molecule has 0 saturated heterocycles. The summed E-state index contributed by atoms with van der Waals surface area (Å²) in [6, 6.07) is 10.1. The van der Waals surface area contributed by atoms with E-state index in [4.69, 9.17) is 4.74 Å². The van der Waals surface area contributed by atoms with Gasteiger partial charge in [0.2, 0.25) is 0 Å². The number of ether oxygens (including phenoxy) is 1. The summed E-state index contributed by atoms with van der Waals surface area (Å²) in [6.07, 6.45) is 2.93. The molecule has 1 aromatic carbocycles. The highest BCUT2D eigenvalue weighted by Crippen LogP contribution is 2.14. The maximum absolute atomic E-state index is 12.0. The van der Waals surface area contributed by atoms with Crippen LogP contribution in [0.25, 0.3) is 0 Å². The van der Waals surface area contributed by atoms with Crippen molar-refractivity contribution < 1.29 is 14.3 Å². The number of carbonyl (C=O) groups is 2. The topological polar surface area (TPSA) is 91.0 Å². The Morgan fingerprint density at radius 1 is 1.18 bits per heavy atom. The number of amides is 1. The molecule has 1 amide bonds. The Labute approximate surface area is 163 Å². The van der Waals surface area contributed by atoms with Gasteiger partial charge in [-0.05, 0) is 19.4 Å². The molecule has 0 saturated carbocycles. The van der Waals surface area contributed by atoms with Crippen molar-refractivity contribution in [2.45, 2.75) is 26.9 Å². The minimum absolute atomic E-state index is 0.309. The number of aryl methyl sites for hydroxylation is 2. The molecule has 8 nitrogen and oxygen atoms in total. The molecular weight excluding hydrogens is 358 g/mol. The van der Waals surface area contributed by atoms with Gasteiger partial charge in [0.15, 0.2) is 6.61 Å². The fraction of sp³-hybridized carbons (Fsp3) is 0.300. The van der Waals surface area contributed by atoms with Gasteiger partial charge in [0.05, 0.1) is 24.0 Å². The lowest BCUT2D eigenvalue weighted by Crippen LogP contribution is -2.28. The third-order valence-corrected chi connectivity index (χ3v) is 4.44. The zero-order valence-electron chi connectivity index (χ0n) is 16.2. The predicted octanol–water partition coefficient (Wildman–Crippen LogP) is 1.75. The molecule has 3 rings (SSSR count). The van der Waals surface area contributed by atoms with E-state index in [1.54, 1.807) is 7.05 Å². The van der Waals surface area contributed by atoms with Crippen molar-refractivity contribution in [1.82, 2.24) is 24.9 Å². The number of rotatable bonds is 7. The first kappa shape index (κ1) is 19.3. The molecule has 0 fully saturated rings. The molecule has 146 valence electrons. The zero-order chi connectivity index (χ0) is 20.1. The van der Waals surface area contributed by atoms with Crippen LogP contribution in [0.3, 0.4) is 0 Å². The average molecular weight is 381 g/mol. The second-order valence-electron chi connectivity index (χ2n) is 6.55. The number of hydrogen-bond acceptors (Lipinski definition) is 5. The van der Waals surface area contributed by atoms with Crippen LogP contribution in [0, 0.1) is 13.8 Å². The summed E-state index contributed by atoms with van der Waals surface area (Å²) in [4.78, 5) is 23.9. The number of esters is 1. The van der Waals surface area contributed by atoms with E-state index in [-0.39, 0.29) is 12.5 Å². The molecule has 0 unspecified atom stereocenters. The van der Waals surface area contributed by atoms with Gasteiger partial charge in [-0.1, -0.05) is 30.3 Å². The summed E-state index contributed by atoms with van der Waals surface area (Å²) in [7, 11) is 1.70. The third kappa shape index (κ3) is 4.64. The Bertz CT molecular complexity index is 975. The van der Waals surface area contributed by atoms with E-state index >= 15 is 0 Å². The fourth-order valence-electron chi connectivity index (χ4n) is 2.88. The first-order valence-corrected chi connectivity index (χ1v) is 8.93. The molecular formula is C20H23N5O3. The van der Waals surface area contributed by atoms with Gasteiger partial charge in [0, 0.05) is 31.0 Å². The second kappa shape index (κ2) is 8.51. The lowest BCUT2D eigenvalue weighted by Gasteiger charge is -2.08. The summed E-state index contributed by atoms with van der Waals surface area (Å²) >= 11 is 0. The first-order valence-electron chi connectivity index (χ1n) is 8.93. The molecule has 1 N–H and O–H groups in total. The van der Waals surface area contributed by atoms with Crippen LogP contribution in [0.4, 0.5) is 0 Å². The molecule has 0 atom stereocenters. The normalized spacial score (nSPS) is 10.7. The molecule has 28 heavy (non-hydrogen) atoms. The van der Waals surface area contributed by atoms with E-state index in [2.05, 4.69) is 27.6 Å². The van der Waals surface area contributed by atoms with E-state index in [0.29, 0.717) is 18.7 Å².